The van der Waals surface area contributed by atoms with Gasteiger partial charge in [-0.25, -0.2) is 0 Å². The molecule has 20 heavy (non-hydrogen) atoms. The van der Waals surface area contributed by atoms with Gasteiger partial charge in [-0.2, -0.15) is 0 Å². The van der Waals surface area contributed by atoms with Crippen molar-refractivity contribution in [3.8, 4) is 23.0 Å². The van der Waals surface area contributed by atoms with Crippen LogP contribution in [-0.2, 0) is 0 Å². The summed E-state index contributed by atoms with van der Waals surface area (Å²) in [6.07, 6.45) is 0. The van der Waals surface area contributed by atoms with Gasteiger partial charge in [-0.1, -0.05) is 0 Å². The van der Waals surface area contributed by atoms with Crippen molar-refractivity contribution in [3.05, 3.63) is 47.5 Å². The number of rotatable bonds is 4. The number of hydrogen-bond acceptors (Lipinski definition) is 5. The fourth-order valence-electron chi connectivity index (χ4n) is 1.80. The Morgan fingerprint density at radius 2 is 1.25 bits per heavy atom. The maximum absolute atomic E-state index is 12.3. The van der Waals surface area contributed by atoms with E-state index in [1.807, 2.05) is 0 Å². The number of phenols is 2. The first-order valence-electron chi connectivity index (χ1n) is 5.85. The molecule has 5 nitrogen and oxygen atoms in total. The van der Waals surface area contributed by atoms with Crippen LogP contribution in [0.25, 0.3) is 0 Å². The third-order valence-corrected chi connectivity index (χ3v) is 2.88. The van der Waals surface area contributed by atoms with Crippen LogP contribution in [0.15, 0.2) is 36.4 Å². The number of ether oxygens (including phenoxy) is 2. The maximum atomic E-state index is 12.3. The minimum absolute atomic E-state index is 0.0349. The van der Waals surface area contributed by atoms with E-state index >= 15 is 0 Å². The molecule has 0 unspecified atom stereocenters. The Labute approximate surface area is 116 Å². The van der Waals surface area contributed by atoms with Crippen molar-refractivity contribution in [2.45, 2.75) is 0 Å². The minimum atomic E-state index is -0.262. The second kappa shape index (κ2) is 5.52. The highest BCUT2D eigenvalue weighted by Crippen LogP contribution is 2.30. The summed E-state index contributed by atoms with van der Waals surface area (Å²) in [6.45, 7) is 0. The molecule has 0 saturated heterocycles. The lowest BCUT2D eigenvalue weighted by Gasteiger charge is -2.08. The Morgan fingerprint density at radius 3 is 1.60 bits per heavy atom. The van der Waals surface area contributed by atoms with E-state index < -0.39 is 0 Å². The van der Waals surface area contributed by atoms with Gasteiger partial charge in [-0.05, 0) is 36.4 Å². The van der Waals surface area contributed by atoms with Crippen LogP contribution in [0.4, 0.5) is 0 Å². The highest BCUT2D eigenvalue weighted by molar-refractivity contribution is 6.09. The van der Waals surface area contributed by atoms with E-state index in [4.69, 9.17) is 9.47 Å². The fraction of sp³-hybridized carbons (Fsp3) is 0.133. The molecule has 5 heteroatoms. The van der Waals surface area contributed by atoms with E-state index in [-0.39, 0.29) is 28.8 Å². The van der Waals surface area contributed by atoms with Crippen LogP contribution in [0, 0.1) is 0 Å². The number of ketones is 1. The lowest BCUT2D eigenvalue weighted by atomic mass is 10.0. The maximum Gasteiger partial charge on any atom is 0.193 e. The quantitative estimate of drug-likeness (QED) is 0.837. The molecule has 2 N–H and O–H groups in total. The van der Waals surface area contributed by atoms with Crippen LogP contribution in [0.2, 0.25) is 0 Å². The summed E-state index contributed by atoms with van der Waals surface area (Å²) in [6, 6.07) is 8.69. The molecule has 0 amide bonds. The predicted molar refractivity (Wildman–Crippen MR) is 72.8 cm³/mol. The molecule has 0 fully saturated rings. The van der Waals surface area contributed by atoms with Gasteiger partial charge in [0, 0.05) is 11.1 Å². The van der Waals surface area contributed by atoms with Gasteiger partial charge < -0.3 is 19.7 Å². The molecule has 2 aromatic rings. The van der Waals surface area contributed by atoms with Crippen LogP contribution >= 0.6 is 0 Å². The largest absolute Gasteiger partial charge is 0.504 e. The van der Waals surface area contributed by atoms with E-state index in [1.165, 1.54) is 50.6 Å². The van der Waals surface area contributed by atoms with E-state index in [9.17, 15) is 15.0 Å². The molecule has 2 rings (SSSR count). The van der Waals surface area contributed by atoms with Crippen molar-refractivity contribution in [1.29, 1.82) is 0 Å². The SMILES string of the molecule is COc1cc(C(=O)c2ccc(O)c(OC)c2)ccc1O. The van der Waals surface area contributed by atoms with Crippen LogP contribution in [0.1, 0.15) is 15.9 Å². The first kappa shape index (κ1) is 13.7. The Kier molecular flexibility index (Phi) is 3.79. The third kappa shape index (κ3) is 2.51. The molecule has 0 aliphatic carbocycles. The molecular formula is C15H14O5. The van der Waals surface area contributed by atoms with Crippen LogP contribution in [0.3, 0.4) is 0 Å². The molecule has 0 heterocycles. The molecule has 0 saturated carbocycles. The van der Waals surface area contributed by atoms with Gasteiger partial charge in [0.15, 0.2) is 28.8 Å². The van der Waals surface area contributed by atoms with Gasteiger partial charge in [-0.3, -0.25) is 4.79 Å². The summed E-state index contributed by atoms with van der Waals surface area (Å²) in [4.78, 5) is 12.3. The van der Waals surface area contributed by atoms with Crippen molar-refractivity contribution in [2.24, 2.45) is 0 Å². The second-order valence-corrected chi connectivity index (χ2v) is 4.10. The standard InChI is InChI=1S/C15H14O5/c1-19-13-7-9(3-5-11(13)16)15(18)10-4-6-12(17)14(8-10)20-2/h3-8,16-17H,1-2H3. The zero-order valence-corrected chi connectivity index (χ0v) is 11.1. The summed E-state index contributed by atoms with van der Waals surface area (Å²) in [5, 5.41) is 19.0. The van der Waals surface area contributed by atoms with Gasteiger partial charge in [0.05, 0.1) is 14.2 Å². The van der Waals surface area contributed by atoms with Crippen molar-refractivity contribution < 1.29 is 24.5 Å². The van der Waals surface area contributed by atoms with Gasteiger partial charge in [0.2, 0.25) is 0 Å². The first-order valence-corrected chi connectivity index (χ1v) is 5.85. The van der Waals surface area contributed by atoms with Crippen molar-refractivity contribution in [1.82, 2.24) is 0 Å². The minimum Gasteiger partial charge on any atom is -0.504 e. The Morgan fingerprint density at radius 1 is 0.850 bits per heavy atom. The van der Waals surface area contributed by atoms with Crippen molar-refractivity contribution in [3.63, 3.8) is 0 Å². The number of benzene rings is 2. The topological polar surface area (TPSA) is 76.0 Å². The molecule has 0 aliphatic rings. The number of hydrogen-bond donors (Lipinski definition) is 2. The van der Waals surface area contributed by atoms with E-state index in [0.717, 1.165) is 0 Å². The number of methoxy groups -OCH3 is 2. The molecule has 0 atom stereocenters. The number of carbonyl (C=O) groups is 1. The summed E-state index contributed by atoms with van der Waals surface area (Å²) in [7, 11) is 2.82. The van der Waals surface area contributed by atoms with Gasteiger partial charge in [-0.15, -0.1) is 0 Å². The summed E-state index contributed by atoms with van der Waals surface area (Å²) in [5.74, 6) is 0.115. The Balaban J connectivity index is 2.41. The summed E-state index contributed by atoms with van der Waals surface area (Å²) >= 11 is 0. The highest BCUT2D eigenvalue weighted by atomic mass is 16.5. The third-order valence-electron chi connectivity index (χ3n) is 2.88. The molecular weight excluding hydrogens is 260 g/mol. The van der Waals surface area contributed by atoms with E-state index in [1.54, 1.807) is 0 Å². The summed E-state index contributed by atoms with van der Waals surface area (Å²) in [5.41, 5.74) is 0.736. The lowest BCUT2D eigenvalue weighted by Crippen LogP contribution is -2.02. The van der Waals surface area contributed by atoms with E-state index in [2.05, 4.69) is 0 Å². The van der Waals surface area contributed by atoms with Gasteiger partial charge in [0.1, 0.15) is 0 Å². The molecule has 0 aromatic heterocycles. The Hall–Kier alpha value is -2.69. The van der Waals surface area contributed by atoms with E-state index in [0.29, 0.717) is 11.1 Å². The molecule has 2 aromatic carbocycles. The van der Waals surface area contributed by atoms with Crippen molar-refractivity contribution >= 4 is 5.78 Å². The highest BCUT2D eigenvalue weighted by Gasteiger charge is 2.14. The second-order valence-electron chi connectivity index (χ2n) is 4.10. The molecule has 0 radical (unpaired) electrons. The molecule has 104 valence electrons. The summed E-state index contributed by atoms with van der Waals surface area (Å²) < 4.78 is 9.94. The van der Waals surface area contributed by atoms with Gasteiger partial charge >= 0.3 is 0 Å². The van der Waals surface area contributed by atoms with Crippen LogP contribution < -0.4 is 9.47 Å². The van der Waals surface area contributed by atoms with Crippen molar-refractivity contribution in [2.75, 3.05) is 14.2 Å². The number of aromatic hydroxyl groups is 2. The number of phenolic OH excluding ortho intramolecular Hbond substituents is 2. The lowest BCUT2D eigenvalue weighted by molar-refractivity contribution is 0.103. The molecule has 0 aliphatic heterocycles. The molecule has 0 bridgehead atoms. The average molecular weight is 274 g/mol. The average Bonchev–Trinajstić information content (AvgIpc) is 2.47. The Bertz CT molecular complexity index is 593. The smallest absolute Gasteiger partial charge is 0.193 e. The first-order chi connectivity index (χ1) is 9.56. The monoisotopic (exact) mass is 274 g/mol. The molecule has 0 spiro atoms. The zero-order valence-electron chi connectivity index (χ0n) is 11.1. The van der Waals surface area contributed by atoms with Crippen LogP contribution in [-0.4, -0.2) is 30.2 Å². The predicted octanol–water partition coefficient (Wildman–Crippen LogP) is 2.35. The van der Waals surface area contributed by atoms with Crippen LogP contribution in [0.5, 0.6) is 23.0 Å². The zero-order chi connectivity index (χ0) is 14.7. The van der Waals surface area contributed by atoms with Gasteiger partial charge in [0.25, 0.3) is 0 Å². The normalized spacial score (nSPS) is 10.1. The number of carbonyl (C=O) groups excluding carboxylic acids is 1. The fourth-order valence-corrected chi connectivity index (χ4v) is 1.80.